The van der Waals surface area contributed by atoms with E-state index in [0.29, 0.717) is 17.1 Å². The van der Waals surface area contributed by atoms with Crippen LogP contribution in [0.5, 0.6) is 0 Å². The van der Waals surface area contributed by atoms with Crippen LogP contribution in [0.25, 0.3) is 5.69 Å². The quantitative estimate of drug-likeness (QED) is 0.857. The highest BCUT2D eigenvalue weighted by Gasteiger charge is 2.16. The zero-order valence-corrected chi connectivity index (χ0v) is 13.5. The van der Waals surface area contributed by atoms with Crippen LogP contribution in [0, 0.1) is 12.8 Å². The van der Waals surface area contributed by atoms with Crippen molar-refractivity contribution in [2.75, 3.05) is 5.32 Å². The molecule has 0 fully saturated rings. The van der Waals surface area contributed by atoms with E-state index in [-0.39, 0.29) is 17.4 Å². The summed E-state index contributed by atoms with van der Waals surface area (Å²) in [7, 11) is 0. The molecule has 1 aromatic heterocycles. The average Bonchev–Trinajstić information content (AvgIpc) is 2.90. The molecule has 0 saturated carbocycles. The summed E-state index contributed by atoms with van der Waals surface area (Å²) < 4.78 is 1.55. The lowest BCUT2D eigenvalue weighted by Crippen LogP contribution is -2.21. The van der Waals surface area contributed by atoms with Crippen molar-refractivity contribution in [3.05, 3.63) is 41.7 Å². The molecule has 122 valence electrons. The number of carbonyl (C=O) groups excluding carboxylic acids is 1. The highest BCUT2D eigenvalue weighted by molar-refractivity contribution is 5.92. The van der Waals surface area contributed by atoms with Gasteiger partial charge in [-0.3, -0.25) is 4.79 Å². The molecule has 0 spiro atoms. The molecule has 0 saturated heterocycles. The number of aromatic carboxylic acids is 1. The van der Waals surface area contributed by atoms with Crippen LogP contribution >= 0.6 is 0 Å². The second-order valence-electron chi connectivity index (χ2n) is 5.41. The van der Waals surface area contributed by atoms with Gasteiger partial charge in [0.25, 0.3) is 0 Å². The van der Waals surface area contributed by atoms with Gasteiger partial charge in [-0.05, 0) is 38.0 Å². The number of benzene rings is 1. The fraction of sp³-hybridized carbons (Fsp3) is 0.353. The molecule has 0 aliphatic carbocycles. The number of aromatic nitrogens is 2. The van der Waals surface area contributed by atoms with Gasteiger partial charge in [-0.25, -0.2) is 9.48 Å². The van der Waals surface area contributed by atoms with E-state index in [1.165, 1.54) is 6.20 Å². The molecule has 2 rings (SSSR count). The number of carbonyl (C=O) groups is 2. The number of nitrogens with one attached hydrogen (secondary N) is 1. The number of carboxylic acids is 1. The Morgan fingerprint density at radius 2 is 2.00 bits per heavy atom. The molecule has 2 N–H and O–H groups in total. The molecule has 0 aliphatic heterocycles. The highest BCUT2D eigenvalue weighted by atomic mass is 16.4. The third kappa shape index (κ3) is 3.59. The van der Waals surface area contributed by atoms with Gasteiger partial charge < -0.3 is 10.4 Å². The van der Waals surface area contributed by atoms with Crippen molar-refractivity contribution in [1.82, 2.24) is 9.78 Å². The van der Waals surface area contributed by atoms with E-state index in [1.54, 1.807) is 29.8 Å². The summed E-state index contributed by atoms with van der Waals surface area (Å²) in [5.41, 5.74) is 2.08. The predicted molar refractivity (Wildman–Crippen MR) is 88.0 cm³/mol. The fourth-order valence-corrected chi connectivity index (χ4v) is 2.50. The van der Waals surface area contributed by atoms with Crippen LogP contribution in [-0.2, 0) is 4.79 Å². The lowest BCUT2D eigenvalue weighted by molar-refractivity contribution is -0.120. The minimum Gasteiger partial charge on any atom is -0.478 e. The van der Waals surface area contributed by atoms with E-state index in [9.17, 15) is 9.59 Å². The summed E-state index contributed by atoms with van der Waals surface area (Å²) in [6.45, 7) is 5.68. The number of anilines is 1. The molecule has 0 unspecified atom stereocenters. The summed E-state index contributed by atoms with van der Waals surface area (Å²) in [5, 5.41) is 16.1. The van der Waals surface area contributed by atoms with Gasteiger partial charge in [-0.15, -0.1) is 0 Å². The molecule has 1 aromatic carbocycles. The number of nitrogens with zero attached hydrogens (tertiary/aromatic N) is 2. The van der Waals surface area contributed by atoms with Crippen molar-refractivity contribution >= 4 is 17.6 Å². The SMILES string of the molecule is CCC(CC)C(=O)Nc1cccc(-n2ncc(C(=O)O)c2C)c1. The van der Waals surface area contributed by atoms with Gasteiger partial charge in [0.05, 0.1) is 17.6 Å². The second kappa shape index (κ2) is 7.09. The van der Waals surface area contributed by atoms with Gasteiger partial charge in [0.2, 0.25) is 5.91 Å². The van der Waals surface area contributed by atoms with E-state index in [0.717, 1.165) is 12.8 Å². The standard InChI is InChI=1S/C17H21N3O3/c1-4-12(5-2)16(21)19-13-7-6-8-14(9-13)20-11(3)15(10-18-20)17(22)23/h6-10,12H,4-5H2,1-3H3,(H,19,21)(H,22,23). The van der Waals surface area contributed by atoms with Crippen molar-refractivity contribution < 1.29 is 14.7 Å². The molecule has 0 bridgehead atoms. The zero-order chi connectivity index (χ0) is 17.0. The molecule has 23 heavy (non-hydrogen) atoms. The largest absolute Gasteiger partial charge is 0.478 e. The number of hydrogen-bond acceptors (Lipinski definition) is 3. The first-order chi connectivity index (χ1) is 11.0. The molecular weight excluding hydrogens is 294 g/mol. The molecule has 6 nitrogen and oxygen atoms in total. The molecule has 0 atom stereocenters. The molecule has 1 heterocycles. The predicted octanol–water partition coefficient (Wildman–Crippen LogP) is 3.25. The summed E-state index contributed by atoms with van der Waals surface area (Å²) in [6.07, 6.45) is 2.91. The monoisotopic (exact) mass is 315 g/mol. The van der Waals surface area contributed by atoms with E-state index in [2.05, 4.69) is 10.4 Å². The zero-order valence-electron chi connectivity index (χ0n) is 13.5. The molecule has 6 heteroatoms. The number of carboxylic acid groups (broad SMARTS) is 1. The van der Waals surface area contributed by atoms with E-state index < -0.39 is 5.97 Å². The maximum atomic E-state index is 12.2. The summed E-state index contributed by atoms with van der Waals surface area (Å²) in [6, 6.07) is 7.21. The van der Waals surface area contributed by atoms with Gasteiger partial charge in [0.15, 0.2) is 0 Å². The van der Waals surface area contributed by atoms with Crippen LogP contribution < -0.4 is 5.32 Å². The molecule has 1 amide bonds. The van der Waals surface area contributed by atoms with E-state index in [4.69, 9.17) is 5.11 Å². The Bertz CT molecular complexity index is 718. The van der Waals surface area contributed by atoms with Gasteiger partial charge in [0.1, 0.15) is 5.56 Å². The molecule has 0 radical (unpaired) electrons. The second-order valence-corrected chi connectivity index (χ2v) is 5.41. The summed E-state index contributed by atoms with van der Waals surface area (Å²) in [4.78, 5) is 23.3. The molecule has 2 aromatic rings. The normalized spacial score (nSPS) is 10.8. The molecular formula is C17H21N3O3. The minimum atomic E-state index is -1.01. The topological polar surface area (TPSA) is 84.2 Å². The molecule has 0 aliphatic rings. The van der Waals surface area contributed by atoms with Crippen LogP contribution in [0.4, 0.5) is 5.69 Å². The third-order valence-electron chi connectivity index (χ3n) is 3.95. The first kappa shape index (κ1) is 16.7. The average molecular weight is 315 g/mol. The van der Waals surface area contributed by atoms with Gasteiger partial charge in [-0.1, -0.05) is 19.9 Å². The summed E-state index contributed by atoms with van der Waals surface area (Å²) in [5.74, 6) is -1.02. The number of rotatable bonds is 6. The Hall–Kier alpha value is -2.63. The maximum Gasteiger partial charge on any atom is 0.339 e. The van der Waals surface area contributed by atoms with Gasteiger partial charge in [-0.2, -0.15) is 5.10 Å². The Morgan fingerprint density at radius 1 is 1.30 bits per heavy atom. The van der Waals surface area contributed by atoms with Gasteiger partial charge >= 0.3 is 5.97 Å². The van der Waals surface area contributed by atoms with Crippen molar-refractivity contribution in [2.24, 2.45) is 5.92 Å². The highest BCUT2D eigenvalue weighted by Crippen LogP contribution is 2.19. The Balaban J connectivity index is 2.27. The fourth-order valence-electron chi connectivity index (χ4n) is 2.50. The van der Waals surface area contributed by atoms with Crippen LogP contribution in [0.1, 0.15) is 42.7 Å². The Morgan fingerprint density at radius 3 is 2.57 bits per heavy atom. The van der Waals surface area contributed by atoms with Crippen LogP contribution in [-0.4, -0.2) is 26.8 Å². The van der Waals surface area contributed by atoms with Crippen LogP contribution in [0.15, 0.2) is 30.5 Å². The van der Waals surface area contributed by atoms with Crippen molar-refractivity contribution in [2.45, 2.75) is 33.6 Å². The smallest absolute Gasteiger partial charge is 0.339 e. The van der Waals surface area contributed by atoms with Crippen LogP contribution in [0.3, 0.4) is 0 Å². The Labute approximate surface area is 135 Å². The van der Waals surface area contributed by atoms with Crippen molar-refractivity contribution in [1.29, 1.82) is 0 Å². The lowest BCUT2D eigenvalue weighted by Gasteiger charge is -2.13. The first-order valence-electron chi connectivity index (χ1n) is 7.67. The first-order valence-corrected chi connectivity index (χ1v) is 7.67. The lowest BCUT2D eigenvalue weighted by atomic mass is 10.0. The van der Waals surface area contributed by atoms with E-state index in [1.807, 2.05) is 19.9 Å². The van der Waals surface area contributed by atoms with Crippen molar-refractivity contribution in [3.8, 4) is 5.69 Å². The maximum absolute atomic E-state index is 12.2. The third-order valence-corrected chi connectivity index (χ3v) is 3.95. The van der Waals surface area contributed by atoms with E-state index >= 15 is 0 Å². The Kier molecular flexibility index (Phi) is 5.16. The number of hydrogen-bond donors (Lipinski definition) is 2. The number of amides is 1. The van der Waals surface area contributed by atoms with Crippen molar-refractivity contribution in [3.63, 3.8) is 0 Å². The summed E-state index contributed by atoms with van der Waals surface area (Å²) >= 11 is 0. The van der Waals surface area contributed by atoms with Gasteiger partial charge in [0, 0.05) is 11.6 Å². The minimum absolute atomic E-state index is 0.00411. The van der Waals surface area contributed by atoms with Crippen LogP contribution in [0.2, 0.25) is 0 Å².